The fourth-order valence-electron chi connectivity index (χ4n) is 1.60. The van der Waals surface area contributed by atoms with Gasteiger partial charge in [0.15, 0.2) is 5.16 Å². The molecule has 0 aliphatic rings. The minimum atomic E-state index is -0.955. The van der Waals surface area contributed by atoms with Crippen LogP contribution in [-0.4, -0.2) is 27.6 Å². The van der Waals surface area contributed by atoms with Gasteiger partial charge in [-0.25, -0.2) is 9.97 Å². The van der Waals surface area contributed by atoms with Crippen molar-refractivity contribution in [3.63, 3.8) is 0 Å². The molecule has 5 nitrogen and oxygen atoms in total. The molecule has 0 aliphatic carbocycles. The number of aromatic nitrogens is 2. The maximum Gasteiger partial charge on any atom is 0.323 e. The largest absolute Gasteiger partial charge is 0.480 e. The van der Waals surface area contributed by atoms with Gasteiger partial charge in [-0.05, 0) is 12.1 Å². The smallest absolute Gasteiger partial charge is 0.323 e. The molecule has 0 unspecified atom stereocenters. The van der Waals surface area contributed by atoms with Crippen LogP contribution in [0.3, 0.4) is 0 Å². The number of hydrogen-bond donors (Lipinski definition) is 3. The number of nitrogens with zero attached hydrogens (tertiary/aromatic N) is 3. The third-order valence-electron chi connectivity index (χ3n) is 2.33. The number of carboxylic acids is 1. The molecule has 0 amide bonds. The highest BCUT2D eigenvalue weighted by Crippen LogP contribution is 2.25. The average molecular weight is 293 g/mol. The van der Waals surface area contributed by atoms with Crippen molar-refractivity contribution in [3.8, 4) is 0 Å². The van der Waals surface area contributed by atoms with Gasteiger partial charge in [-0.3, -0.25) is 4.79 Å². The molecule has 0 radical (unpaired) electrons. The van der Waals surface area contributed by atoms with E-state index in [1.165, 1.54) is 0 Å². The van der Waals surface area contributed by atoms with Gasteiger partial charge < -0.3 is 10.0 Å². The summed E-state index contributed by atoms with van der Waals surface area (Å²) >= 11 is 8.22. The van der Waals surface area contributed by atoms with Crippen LogP contribution in [0.2, 0.25) is 0 Å². The SMILES string of the molecule is O=C(O)CN(c1ccccc1)c1cc(S)nc(S)n1. The summed E-state index contributed by atoms with van der Waals surface area (Å²) in [4.78, 5) is 20.6. The molecule has 0 saturated heterocycles. The van der Waals surface area contributed by atoms with Crippen molar-refractivity contribution in [2.45, 2.75) is 10.2 Å². The highest BCUT2D eigenvalue weighted by Gasteiger charge is 2.15. The Labute approximate surface area is 121 Å². The van der Waals surface area contributed by atoms with Crippen molar-refractivity contribution in [1.29, 1.82) is 0 Å². The molecular weight excluding hydrogens is 282 g/mol. The van der Waals surface area contributed by atoms with E-state index in [0.717, 1.165) is 5.69 Å². The summed E-state index contributed by atoms with van der Waals surface area (Å²) in [7, 11) is 0. The molecule has 2 rings (SSSR count). The van der Waals surface area contributed by atoms with E-state index >= 15 is 0 Å². The predicted molar refractivity (Wildman–Crippen MR) is 77.6 cm³/mol. The van der Waals surface area contributed by atoms with Crippen molar-refractivity contribution in [2.24, 2.45) is 0 Å². The van der Waals surface area contributed by atoms with Gasteiger partial charge >= 0.3 is 5.97 Å². The molecule has 0 fully saturated rings. The summed E-state index contributed by atoms with van der Waals surface area (Å²) in [6.07, 6.45) is 0. The molecule has 0 aliphatic heterocycles. The number of anilines is 2. The Morgan fingerprint density at radius 2 is 1.89 bits per heavy atom. The van der Waals surface area contributed by atoms with E-state index in [4.69, 9.17) is 5.11 Å². The molecule has 1 heterocycles. The van der Waals surface area contributed by atoms with Gasteiger partial charge in [-0.1, -0.05) is 18.2 Å². The Morgan fingerprint density at radius 3 is 2.47 bits per heavy atom. The first-order valence-corrected chi connectivity index (χ1v) is 6.27. The molecule has 0 atom stereocenters. The maximum absolute atomic E-state index is 11.0. The minimum absolute atomic E-state index is 0.207. The van der Waals surface area contributed by atoms with Gasteiger partial charge in [0.25, 0.3) is 0 Å². The summed E-state index contributed by atoms with van der Waals surface area (Å²) < 4.78 is 0. The van der Waals surface area contributed by atoms with Crippen molar-refractivity contribution in [1.82, 2.24) is 9.97 Å². The van der Waals surface area contributed by atoms with Crippen LogP contribution in [0.1, 0.15) is 0 Å². The Hall–Kier alpha value is -1.73. The van der Waals surface area contributed by atoms with Crippen LogP contribution in [0.15, 0.2) is 46.6 Å². The second kappa shape index (κ2) is 5.94. The number of carboxylic acid groups (broad SMARTS) is 1. The maximum atomic E-state index is 11.0. The van der Waals surface area contributed by atoms with Gasteiger partial charge in [0, 0.05) is 11.8 Å². The van der Waals surface area contributed by atoms with Gasteiger partial charge in [0.1, 0.15) is 12.4 Å². The van der Waals surface area contributed by atoms with E-state index in [1.54, 1.807) is 23.1 Å². The minimum Gasteiger partial charge on any atom is -0.480 e. The molecule has 1 N–H and O–H groups in total. The van der Waals surface area contributed by atoms with E-state index < -0.39 is 5.97 Å². The zero-order valence-electron chi connectivity index (χ0n) is 9.76. The Bertz CT molecular complexity index is 573. The number of aliphatic carboxylic acids is 1. The molecule has 98 valence electrons. The van der Waals surface area contributed by atoms with Gasteiger partial charge in [0.05, 0.1) is 5.03 Å². The monoisotopic (exact) mass is 293 g/mol. The third-order valence-corrected chi connectivity index (χ3v) is 2.75. The van der Waals surface area contributed by atoms with Crippen molar-refractivity contribution < 1.29 is 9.90 Å². The van der Waals surface area contributed by atoms with Crippen molar-refractivity contribution >= 4 is 42.7 Å². The lowest BCUT2D eigenvalue weighted by molar-refractivity contribution is -0.135. The van der Waals surface area contributed by atoms with Crippen molar-refractivity contribution in [3.05, 3.63) is 36.4 Å². The van der Waals surface area contributed by atoms with Crippen LogP contribution >= 0.6 is 25.3 Å². The molecule has 1 aromatic heterocycles. The third kappa shape index (κ3) is 3.62. The fraction of sp³-hybridized carbons (Fsp3) is 0.0833. The molecular formula is C12H11N3O2S2. The van der Waals surface area contributed by atoms with Crippen LogP contribution < -0.4 is 4.90 Å². The second-order valence-electron chi connectivity index (χ2n) is 3.70. The molecule has 2 aromatic rings. The molecule has 0 bridgehead atoms. The molecule has 19 heavy (non-hydrogen) atoms. The van der Waals surface area contributed by atoms with Crippen LogP contribution in [0.4, 0.5) is 11.5 Å². The van der Waals surface area contributed by atoms with E-state index in [2.05, 4.69) is 35.2 Å². The van der Waals surface area contributed by atoms with E-state index in [1.807, 2.05) is 18.2 Å². The Balaban J connectivity index is 2.45. The standard InChI is InChI=1S/C12H11N3O2S2/c16-11(17)7-15(8-4-2-1-3-5-8)9-6-10(18)14-12(19)13-9/h1-6H,7H2,(H,16,17)(H2,13,14,18,19). The topological polar surface area (TPSA) is 66.3 Å². The number of rotatable bonds is 4. The summed E-state index contributed by atoms with van der Waals surface area (Å²) in [5.74, 6) is -0.512. The number of hydrogen-bond acceptors (Lipinski definition) is 6. The molecule has 0 saturated carbocycles. The summed E-state index contributed by atoms with van der Waals surface area (Å²) in [5, 5.41) is 9.70. The highest BCUT2D eigenvalue weighted by molar-refractivity contribution is 7.80. The summed E-state index contributed by atoms with van der Waals surface area (Å²) in [6.45, 7) is -0.207. The van der Waals surface area contributed by atoms with Crippen LogP contribution in [0, 0.1) is 0 Å². The Kier molecular flexibility index (Phi) is 4.28. The number of para-hydroxylation sites is 1. The fourth-order valence-corrected chi connectivity index (χ4v) is 2.10. The quantitative estimate of drug-likeness (QED) is 0.458. The lowest BCUT2D eigenvalue weighted by atomic mass is 10.3. The molecule has 7 heteroatoms. The van der Waals surface area contributed by atoms with E-state index in [9.17, 15) is 4.79 Å². The molecule has 0 spiro atoms. The van der Waals surface area contributed by atoms with Crippen LogP contribution in [0.25, 0.3) is 0 Å². The van der Waals surface area contributed by atoms with Crippen molar-refractivity contribution in [2.75, 3.05) is 11.4 Å². The molecule has 1 aromatic carbocycles. The van der Waals surface area contributed by atoms with Gasteiger partial charge in [-0.2, -0.15) is 0 Å². The lowest BCUT2D eigenvalue weighted by Gasteiger charge is -2.22. The first-order valence-electron chi connectivity index (χ1n) is 5.37. The van der Waals surface area contributed by atoms with E-state index in [-0.39, 0.29) is 11.7 Å². The van der Waals surface area contributed by atoms with Crippen LogP contribution in [0.5, 0.6) is 0 Å². The summed E-state index contributed by atoms with van der Waals surface area (Å²) in [5.41, 5.74) is 0.726. The van der Waals surface area contributed by atoms with Gasteiger partial charge in [0.2, 0.25) is 0 Å². The van der Waals surface area contributed by atoms with Gasteiger partial charge in [-0.15, -0.1) is 25.3 Å². The second-order valence-corrected chi connectivity index (χ2v) is 4.56. The lowest BCUT2D eigenvalue weighted by Crippen LogP contribution is -2.25. The summed E-state index contributed by atoms with van der Waals surface area (Å²) in [6, 6.07) is 10.7. The zero-order chi connectivity index (χ0) is 13.8. The highest BCUT2D eigenvalue weighted by atomic mass is 32.1. The Morgan fingerprint density at radius 1 is 1.21 bits per heavy atom. The van der Waals surface area contributed by atoms with E-state index in [0.29, 0.717) is 10.8 Å². The first-order chi connectivity index (χ1) is 9.06. The first kappa shape index (κ1) is 13.7. The number of benzene rings is 1. The van der Waals surface area contributed by atoms with Crippen LogP contribution in [-0.2, 0) is 4.79 Å². The normalized spacial score (nSPS) is 10.2. The average Bonchev–Trinajstić information content (AvgIpc) is 2.35. The zero-order valence-corrected chi connectivity index (χ0v) is 11.6. The number of thiol groups is 2. The predicted octanol–water partition coefficient (Wildman–Crippen LogP) is 2.28. The number of carbonyl (C=O) groups is 1.